The van der Waals surface area contributed by atoms with Gasteiger partial charge in [0, 0.05) is 17.3 Å². The Kier molecular flexibility index (Phi) is 7.42. The van der Waals surface area contributed by atoms with Crippen LogP contribution in [0, 0.1) is 25.2 Å². The molecule has 0 spiro atoms. The van der Waals surface area contributed by atoms with E-state index in [1.807, 2.05) is 87.5 Å². The van der Waals surface area contributed by atoms with Crippen LogP contribution in [-0.4, -0.2) is 32.8 Å². The van der Waals surface area contributed by atoms with Crippen molar-refractivity contribution in [1.82, 2.24) is 19.6 Å². The zero-order valence-corrected chi connectivity index (χ0v) is 22.5. The van der Waals surface area contributed by atoms with Crippen molar-refractivity contribution >= 4 is 0 Å². The number of hydrogen-bond donors (Lipinski definition) is 2. The Labute approximate surface area is 230 Å². The van der Waals surface area contributed by atoms with E-state index >= 15 is 0 Å². The molecule has 0 unspecified atom stereocenters. The molecule has 0 bridgehead atoms. The number of nitrogens with zero attached hydrogens (tertiary/aromatic N) is 3. The van der Waals surface area contributed by atoms with E-state index in [4.69, 9.17) is 14.7 Å². The summed E-state index contributed by atoms with van der Waals surface area (Å²) >= 11 is 0. The van der Waals surface area contributed by atoms with Crippen LogP contribution in [0.1, 0.15) is 40.9 Å². The molecule has 0 aliphatic rings. The van der Waals surface area contributed by atoms with Crippen molar-refractivity contribution in [3.63, 3.8) is 0 Å². The highest BCUT2D eigenvalue weighted by atomic mass is 16.5. The molecule has 0 fully saturated rings. The van der Waals surface area contributed by atoms with Crippen molar-refractivity contribution in [3.05, 3.63) is 128 Å². The Bertz CT molecular complexity index is 1690. The van der Waals surface area contributed by atoms with E-state index in [-0.39, 0.29) is 17.7 Å². The molecule has 0 atom stereocenters. The molecule has 0 saturated carbocycles. The molecule has 5 aromatic rings. The van der Waals surface area contributed by atoms with Crippen molar-refractivity contribution in [2.45, 2.75) is 26.7 Å². The van der Waals surface area contributed by atoms with Gasteiger partial charge in [0.2, 0.25) is 0 Å². The van der Waals surface area contributed by atoms with E-state index < -0.39 is 5.92 Å². The van der Waals surface area contributed by atoms with Crippen LogP contribution in [0.5, 0.6) is 11.5 Å². The highest BCUT2D eigenvalue weighted by Crippen LogP contribution is 2.37. The molecule has 0 amide bonds. The predicted molar refractivity (Wildman–Crippen MR) is 152 cm³/mol. The van der Waals surface area contributed by atoms with Gasteiger partial charge < -0.3 is 9.47 Å². The molecular weight excluding hydrogens is 506 g/mol. The summed E-state index contributed by atoms with van der Waals surface area (Å²) in [5, 5.41) is 15.4. The lowest BCUT2D eigenvalue weighted by molar-refractivity contribution is 0.298. The zero-order chi connectivity index (χ0) is 28.2. The summed E-state index contributed by atoms with van der Waals surface area (Å²) in [6.07, 6.45) is 0. The van der Waals surface area contributed by atoms with Crippen LogP contribution in [0.4, 0.5) is 0 Å². The third-order valence-electron chi connectivity index (χ3n) is 6.73. The monoisotopic (exact) mass is 535 g/mol. The van der Waals surface area contributed by atoms with Crippen molar-refractivity contribution in [3.8, 4) is 28.9 Å². The second-order valence-corrected chi connectivity index (χ2v) is 9.27. The van der Waals surface area contributed by atoms with Gasteiger partial charge in [-0.3, -0.25) is 19.8 Å². The van der Waals surface area contributed by atoms with Gasteiger partial charge in [-0.2, -0.15) is 5.26 Å². The van der Waals surface area contributed by atoms with Crippen LogP contribution < -0.4 is 20.6 Å². The fraction of sp³-hybridized carbons (Fsp3) is 0.194. The molecule has 2 aromatic heterocycles. The van der Waals surface area contributed by atoms with Gasteiger partial charge >= 0.3 is 0 Å². The van der Waals surface area contributed by atoms with E-state index in [2.05, 4.69) is 10.2 Å². The van der Waals surface area contributed by atoms with Gasteiger partial charge in [0.25, 0.3) is 11.1 Å². The number of nitriles is 1. The highest BCUT2D eigenvalue weighted by Gasteiger charge is 2.31. The van der Waals surface area contributed by atoms with Gasteiger partial charge in [0.15, 0.2) is 18.1 Å². The van der Waals surface area contributed by atoms with Gasteiger partial charge in [0.1, 0.15) is 6.07 Å². The molecule has 9 nitrogen and oxygen atoms in total. The molecule has 0 aliphatic heterocycles. The topological polar surface area (TPSA) is 118 Å². The van der Waals surface area contributed by atoms with E-state index in [0.29, 0.717) is 57.6 Å². The SMILES string of the molecule is CCOc1cc(C(c2c(C)[nH]n(-c3ccccc3)c2=O)c2c(C)[nH]n(-c3ccccc3)c2=O)ccc1OCC#N. The number of H-pyrrole nitrogens is 2. The minimum atomic E-state index is -0.730. The number of para-hydroxylation sites is 2. The van der Waals surface area contributed by atoms with E-state index in [9.17, 15) is 9.59 Å². The maximum absolute atomic E-state index is 14.0. The van der Waals surface area contributed by atoms with Crippen LogP contribution in [0.2, 0.25) is 0 Å². The summed E-state index contributed by atoms with van der Waals surface area (Å²) in [4.78, 5) is 28.0. The average Bonchev–Trinajstić information content (AvgIpc) is 3.44. The maximum Gasteiger partial charge on any atom is 0.275 e. The predicted octanol–water partition coefficient (Wildman–Crippen LogP) is 4.74. The first-order valence-corrected chi connectivity index (χ1v) is 12.9. The number of ether oxygens (including phenoxy) is 2. The Balaban J connectivity index is 1.76. The third kappa shape index (κ3) is 4.83. The molecule has 3 aromatic carbocycles. The van der Waals surface area contributed by atoms with Crippen molar-refractivity contribution in [2.75, 3.05) is 13.2 Å². The summed E-state index contributed by atoms with van der Waals surface area (Å²) in [5.74, 6) is 0.103. The molecule has 0 aliphatic carbocycles. The number of nitrogens with one attached hydrogen (secondary N) is 2. The molecule has 2 heterocycles. The summed E-state index contributed by atoms with van der Waals surface area (Å²) in [6.45, 7) is 5.73. The Morgan fingerprint density at radius 2 is 1.30 bits per heavy atom. The van der Waals surface area contributed by atoms with Crippen LogP contribution in [-0.2, 0) is 0 Å². The fourth-order valence-corrected chi connectivity index (χ4v) is 5.00. The number of aryl methyl sites for hydroxylation is 2. The molecule has 40 heavy (non-hydrogen) atoms. The van der Waals surface area contributed by atoms with Crippen LogP contribution >= 0.6 is 0 Å². The van der Waals surface area contributed by atoms with Crippen LogP contribution in [0.15, 0.2) is 88.5 Å². The zero-order valence-electron chi connectivity index (χ0n) is 22.5. The van der Waals surface area contributed by atoms with Gasteiger partial charge in [-0.25, -0.2) is 9.36 Å². The lowest BCUT2D eigenvalue weighted by Gasteiger charge is -2.18. The Hall–Kier alpha value is -5.23. The largest absolute Gasteiger partial charge is 0.490 e. The first-order chi connectivity index (χ1) is 19.4. The van der Waals surface area contributed by atoms with Crippen molar-refractivity contribution in [2.24, 2.45) is 0 Å². The van der Waals surface area contributed by atoms with Crippen molar-refractivity contribution in [1.29, 1.82) is 5.26 Å². The minimum absolute atomic E-state index is 0.139. The molecule has 2 N–H and O–H groups in total. The lowest BCUT2D eigenvalue weighted by Crippen LogP contribution is -2.25. The number of rotatable bonds is 9. The number of benzene rings is 3. The average molecular weight is 536 g/mol. The first-order valence-electron chi connectivity index (χ1n) is 12.9. The Morgan fingerprint density at radius 3 is 1.77 bits per heavy atom. The fourth-order valence-electron chi connectivity index (χ4n) is 5.00. The summed E-state index contributed by atoms with van der Waals surface area (Å²) in [6, 6.07) is 25.8. The second-order valence-electron chi connectivity index (χ2n) is 9.27. The quantitative estimate of drug-likeness (QED) is 0.283. The normalized spacial score (nSPS) is 11.0. The smallest absolute Gasteiger partial charge is 0.275 e. The van der Waals surface area contributed by atoms with Gasteiger partial charge in [-0.05, 0) is 62.7 Å². The van der Waals surface area contributed by atoms with Gasteiger partial charge in [0.05, 0.1) is 29.1 Å². The Morgan fingerprint density at radius 1 is 0.775 bits per heavy atom. The van der Waals surface area contributed by atoms with E-state index in [1.54, 1.807) is 18.2 Å². The van der Waals surface area contributed by atoms with E-state index in [1.165, 1.54) is 9.36 Å². The highest BCUT2D eigenvalue weighted by molar-refractivity contribution is 5.52. The standard InChI is InChI=1S/C31H29N5O4/c1-4-39-26-19-22(15-16-25(26)40-18-17-32)29(27-20(2)33-35(30(27)37)23-11-7-5-8-12-23)28-21(3)34-36(31(28)38)24-13-9-6-10-14-24/h5-16,19,29,33-34H,4,18H2,1-3H3. The lowest BCUT2D eigenvalue weighted by atomic mass is 9.85. The molecule has 0 radical (unpaired) electrons. The van der Waals surface area contributed by atoms with Crippen LogP contribution in [0.25, 0.3) is 11.4 Å². The number of aromatic nitrogens is 4. The molecule has 202 valence electrons. The second kappa shape index (κ2) is 11.3. The van der Waals surface area contributed by atoms with Crippen LogP contribution in [0.3, 0.4) is 0 Å². The summed E-state index contributed by atoms with van der Waals surface area (Å²) in [5.41, 5.74) is 3.66. The molecule has 5 rings (SSSR count). The molecule has 0 saturated heterocycles. The molecule has 9 heteroatoms. The number of aromatic amines is 2. The van der Waals surface area contributed by atoms with Gasteiger partial charge in [-0.15, -0.1) is 0 Å². The van der Waals surface area contributed by atoms with Crippen molar-refractivity contribution < 1.29 is 9.47 Å². The summed E-state index contributed by atoms with van der Waals surface area (Å²) in [7, 11) is 0. The minimum Gasteiger partial charge on any atom is -0.490 e. The molecular formula is C31H29N5O4. The first kappa shape index (κ1) is 26.4. The third-order valence-corrected chi connectivity index (χ3v) is 6.73. The van der Waals surface area contributed by atoms with Gasteiger partial charge in [-0.1, -0.05) is 42.5 Å². The van der Waals surface area contributed by atoms with E-state index in [0.717, 1.165) is 0 Å². The maximum atomic E-state index is 14.0. The number of hydrogen-bond acceptors (Lipinski definition) is 5. The summed E-state index contributed by atoms with van der Waals surface area (Å²) < 4.78 is 14.4.